The number of aliphatic imine (C=N–C) groups is 1. The first-order valence-corrected chi connectivity index (χ1v) is 12.5. The van der Waals surface area contributed by atoms with Crippen LogP contribution in [0.3, 0.4) is 0 Å². The highest BCUT2D eigenvalue weighted by atomic mass is 32.2. The fraction of sp³-hybridized carbons (Fsp3) is 0.591. The number of rotatable bonds is 5. The molecule has 0 unspecified atom stereocenters. The molecule has 2 heterocycles. The molecule has 1 N–H and O–H groups in total. The first-order valence-electron chi connectivity index (χ1n) is 11.0. The molecule has 0 aromatic heterocycles. The summed E-state index contributed by atoms with van der Waals surface area (Å²) in [6.07, 6.45) is 0.282. The molecule has 0 radical (unpaired) electrons. The quantitative estimate of drug-likeness (QED) is 0.718. The molecule has 1 aromatic carbocycles. The average Bonchev–Trinajstić information content (AvgIpc) is 2.89. The van der Waals surface area contributed by atoms with Gasteiger partial charge in [-0.1, -0.05) is 39.8 Å². The zero-order valence-corrected chi connectivity index (χ0v) is 19.9. The summed E-state index contributed by atoms with van der Waals surface area (Å²) in [5.41, 5.74) is 0.473. The van der Waals surface area contributed by atoms with Crippen LogP contribution in [0, 0.1) is 11.8 Å². The van der Waals surface area contributed by atoms with Gasteiger partial charge in [-0.15, -0.1) is 0 Å². The van der Waals surface area contributed by atoms with Gasteiger partial charge in [0.15, 0.2) is 0 Å². The molecule has 10 heteroatoms. The second-order valence-corrected chi connectivity index (χ2v) is 10.6. The van der Waals surface area contributed by atoms with Gasteiger partial charge in [-0.3, -0.25) is 14.5 Å². The molecule has 0 aliphatic carbocycles. The van der Waals surface area contributed by atoms with Gasteiger partial charge >= 0.3 is 6.09 Å². The second-order valence-electron chi connectivity index (χ2n) is 8.90. The number of sulfonamides is 1. The highest BCUT2D eigenvalue weighted by Crippen LogP contribution is 2.24. The molecule has 0 spiro atoms. The van der Waals surface area contributed by atoms with Crippen molar-refractivity contribution in [2.75, 3.05) is 32.8 Å². The minimum atomic E-state index is -3.67. The van der Waals surface area contributed by atoms with Gasteiger partial charge in [-0.25, -0.2) is 13.2 Å². The highest BCUT2D eigenvalue weighted by Gasteiger charge is 2.34. The summed E-state index contributed by atoms with van der Waals surface area (Å²) < 4.78 is 32.6. The Morgan fingerprint density at radius 2 is 1.72 bits per heavy atom. The summed E-state index contributed by atoms with van der Waals surface area (Å²) >= 11 is 0. The number of carbonyl (C=O) groups excluding carboxylic acids is 2. The maximum atomic E-state index is 13.4. The molecule has 9 nitrogen and oxygen atoms in total. The van der Waals surface area contributed by atoms with E-state index in [1.54, 1.807) is 28.0 Å². The third-order valence-corrected chi connectivity index (χ3v) is 6.82. The monoisotopic (exact) mass is 464 g/mol. The van der Waals surface area contributed by atoms with Crippen LogP contribution >= 0.6 is 0 Å². The fourth-order valence-electron chi connectivity index (χ4n) is 3.69. The summed E-state index contributed by atoms with van der Waals surface area (Å²) in [7, 11) is -3.67. The highest BCUT2D eigenvalue weighted by molar-refractivity contribution is 7.90. The summed E-state index contributed by atoms with van der Waals surface area (Å²) in [5.74, 6) is 0.144. The predicted molar refractivity (Wildman–Crippen MR) is 121 cm³/mol. The fourth-order valence-corrected chi connectivity index (χ4v) is 4.93. The van der Waals surface area contributed by atoms with E-state index in [0.717, 1.165) is 0 Å². The SMILES string of the molecule is CC(C)COC(=O)N1CCCN(C(=O)[C@@H](N=C2NS(=O)(=O)c3ccccc32)C(C)C)CC1. The number of hydrogen-bond acceptors (Lipinski definition) is 6. The third-order valence-electron chi connectivity index (χ3n) is 5.42. The molecule has 3 rings (SSSR count). The molecule has 1 aromatic rings. The number of carbonyl (C=O) groups is 2. The lowest BCUT2D eigenvalue weighted by atomic mass is 10.0. The van der Waals surface area contributed by atoms with Gasteiger partial charge in [0.1, 0.15) is 11.9 Å². The van der Waals surface area contributed by atoms with Crippen LogP contribution in [0.1, 0.15) is 39.7 Å². The van der Waals surface area contributed by atoms with Crippen LogP contribution in [0.2, 0.25) is 0 Å². The second kappa shape index (κ2) is 9.89. The van der Waals surface area contributed by atoms with Crippen LogP contribution in [0.5, 0.6) is 0 Å². The molecular formula is C22H32N4O5S. The molecule has 2 aliphatic heterocycles. The molecular weight excluding hydrogens is 432 g/mol. The standard InChI is InChI=1S/C22H32N4O5S/c1-15(2)14-31-22(28)26-11-7-10-25(12-13-26)21(27)19(16(3)4)23-20-17-8-5-6-9-18(17)32(29,30)24-20/h5-6,8-9,15-16,19H,7,10-14H2,1-4H3,(H,23,24)/t19-/m0/s1. The number of amidine groups is 1. The van der Waals surface area contributed by atoms with Crippen LogP contribution in [0.25, 0.3) is 0 Å². The van der Waals surface area contributed by atoms with Crippen molar-refractivity contribution < 1.29 is 22.7 Å². The largest absolute Gasteiger partial charge is 0.449 e. The van der Waals surface area contributed by atoms with Gasteiger partial charge in [-0.2, -0.15) is 0 Å². The van der Waals surface area contributed by atoms with E-state index in [4.69, 9.17) is 4.74 Å². The van der Waals surface area contributed by atoms with Crippen molar-refractivity contribution in [3.05, 3.63) is 29.8 Å². The van der Waals surface area contributed by atoms with E-state index in [-0.39, 0.29) is 34.6 Å². The lowest BCUT2D eigenvalue weighted by Gasteiger charge is -2.26. The van der Waals surface area contributed by atoms with Crippen LogP contribution in [0.4, 0.5) is 4.79 Å². The molecule has 1 atom stereocenters. The Bertz CT molecular complexity index is 990. The van der Waals surface area contributed by atoms with Gasteiger partial charge in [-0.05, 0) is 30.4 Å². The summed E-state index contributed by atoms with van der Waals surface area (Å²) in [4.78, 5) is 33.7. The van der Waals surface area contributed by atoms with Crippen molar-refractivity contribution >= 4 is 27.9 Å². The molecule has 2 amide bonds. The van der Waals surface area contributed by atoms with Gasteiger partial charge in [0.05, 0.1) is 11.5 Å². The minimum absolute atomic E-state index is 0.136. The lowest BCUT2D eigenvalue weighted by Crippen LogP contribution is -2.44. The Hall–Kier alpha value is -2.62. The summed E-state index contributed by atoms with van der Waals surface area (Å²) in [5, 5.41) is 0. The smallest absolute Gasteiger partial charge is 0.409 e. The molecule has 176 valence electrons. The van der Waals surface area contributed by atoms with Crippen LogP contribution in [0.15, 0.2) is 34.2 Å². The number of fused-ring (bicyclic) bond motifs is 1. The van der Waals surface area contributed by atoms with Crippen molar-refractivity contribution in [2.24, 2.45) is 16.8 Å². The van der Waals surface area contributed by atoms with E-state index in [0.29, 0.717) is 44.8 Å². The van der Waals surface area contributed by atoms with Crippen LogP contribution in [-0.4, -0.2) is 74.9 Å². The number of amides is 2. The van der Waals surface area contributed by atoms with Gasteiger partial charge < -0.3 is 14.5 Å². The Kier molecular flexibility index (Phi) is 7.43. The summed E-state index contributed by atoms with van der Waals surface area (Å²) in [6.45, 7) is 9.88. The molecule has 1 fully saturated rings. The van der Waals surface area contributed by atoms with E-state index < -0.39 is 16.1 Å². The lowest BCUT2D eigenvalue weighted by molar-refractivity contribution is -0.133. The van der Waals surface area contributed by atoms with E-state index in [9.17, 15) is 18.0 Å². The van der Waals surface area contributed by atoms with Crippen molar-refractivity contribution in [1.82, 2.24) is 14.5 Å². The number of ether oxygens (including phenoxy) is 1. The Balaban J connectivity index is 1.74. The van der Waals surface area contributed by atoms with E-state index in [2.05, 4.69) is 9.71 Å². The topological polar surface area (TPSA) is 108 Å². The molecule has 2 aliphatic rings. The number of nitrogens with one attached hydrogen (secondary N) is 1. The van der Waals surface area contributed by atoms with Crippen LogP contribution in [-0.2, 0) is 19.6 Å². The third kappa shape index (κ3) is 5.40. The Morgan fingerprint density at radius 1 is 1.06 bits per heavy atom. The zero-order valence-electron chi connectivity index (χ0n) is 19.1. The van der Waals surface area contributed by atoms with Crippen molar-refractivity contribution in [3.8, 4) is 0 Å². The maximum Gasteiger partial charge on any atom is 0.409 e. The van der Waals surface area contributed by atoms with E-state index in [1.807, 2.05) is 27.7 Å². The number of nitrogens with zero attached hydrogens (tertiary/aromatic N) is 3. The molecule has 0 bridgehead atoms. The first-order chi connectivity index (χ1) is 15.1. The average molecular weight is 465 g/mol. The Morgan fingerprint density at radius 3 is 2.41 bits per heavy atom. The molecule has 0 saturated carbocycles. The van der Waals surface area contributed by atoms with Crippen molar-refractivity contribution in [3.63, 3.8) is 0 Å². The zero-order chi connectivity index (χ0) is 23.5. The first kappa shape index (κ1) is 24.0. The van der Waals surface area contributed by atoms with Gasteiger partial charge in [0.2, 0.25) is 5.91 Å². The maximum absolute atomic E-state index is 13.4. The van der Waals surface area contributed by atoms with Crippen molar-refractivity contribution in [2.45, 2.75) is 45.1 Å². The van der Waals surface area contributed by atoms with E-state index in [1.165, 1.54) is 6.07 Å². The molecule has 1 saturated heterocycles. The normalized spacial score (nSPS) is 20.1. The predicted octanol–water partition coefficient (Wildman–Crippen LogP) is 2.08. The minimum Gasteiger partial charge on any atom is -0.449 e. The van der Waals surface area contributed by atoms with E-state index >= 15 is 0 Å². The number of benzene rings is 1. The van der Waals surface area contributed by atoms with Crippen LogP contribution < -0.4 is 4.72 Å². The number of hydrogen-bond donors (Lipinski definition) is 1. The summed E-state index contributed by atoms with van der Waals surface area (Å²) in [6, 6.07) is 5.86. The van der Waals surface area contributed by atoms with Crippen molar-refractivity contribution in [1.29, 1.82) is 0 Å². The Labute approximate surface area is 189 Å². The molecule has 32 heavy (non-hydrogen) atoms. The van der Waals surface area contributed by atoms with Gasteiger partial charge in [0.25, 0.3) is 10.0 Å². The van der Waals surface area contributed by atoms with Gasteiger partial charge in [0, 0.05) is 31.7 Å².